The summed E-state index contributed by atoms with van der Waals surface area (Å²) < 4.78 is 5.31. The van der Waals surface area contributed by atoms with E-state index in [0.29, 0.717) is 12.8 Å². The van der Waals surface area contributed by atoms with Crippen LogP contribution >= 0.6 is 0 Å². The van der Waals surface area contributed by atoms with Gasteiger partial charge in [0.15, 0.2) is 0 Å². The highest BCUT2D eigenvalue weighted by Gasteiger charge is 2.32. The van der Waals surface area contributed by atoms with E-state index in [2.05, 4.69) is 0 Å². The number of carbonyl (C=O) groups is 1. The van der Waals surface area contributed by atoms with Crippen molar-refractivity contribution in [1.82, 2.24) is 0 Å². The molecule has 0 aliphatic carbocycles. The van der Waals surface area contributed by atoms with Gasteiger partial charge in [0.2, 0.25) is 0 Å². The topological polar surface area (TPSA) is 72.5 Å². The van der Waals surface area contributed by atoms with Crippen molar-refractivity contribution in [3.63, 3.8) is 0 Å². The van der Waals surface area contributed by atoms with E-state index < -0.39 is 17.1 Å². The largest absolute Gasteiger partial charge is 0.508 e. The van der Waals surface area contributed by atoms with E-state index in [9.17, 15) is 9.90 Å². The summed E-state index contributed by atoms with van der Waals surface area (Å²) in [6.45, 7) is 7.14. The molecule has 0 radical (unpaired) electrons. The number of hydrogen-bond donors (Lipinski definition) is 2. The Hall–Kier alpha value is -1.55. The molecule has 3 N–H and O–H groups in total. The van der Waals surface area contributed by atoms with E-state index >= 15 is 0 Å². The van der Waals surface area contributed by atoms with Gasteiger partial charge in [0.25, 0.3) is 0 Å². The number of carbonyl (C=O) groups excluding carboxylic acids is 1. The number of benzene rings is 1. The quantitative estimate of drug-likeness (QED) is 0.820. The maximum Gasteiger partial charge on any atom is 0.326 e. The normalized spacial score (nSPS) is 14.8. The summed E-state index contributed by atoms with van der Waals surface area (Å²) in [7, 11) is 0. The van der Waals surface area contributed by atoms with E-state index in [0.717, 1.165) is 5.56 Å². The van der Waals surface area contributed by atoms with Gasteiger partial charge in [-0.2, -0.15) is 0 Å². The summed E-state index contributed by atoms with van der Waals surface area (Å²) in [5, 5.41) is 9.20. The average Bonchev–Trinajstić information content (AvgIpc) is 2.26. The van der Waals surface area contributed by atoms with Crippen molar-refractivity contribution in [2.24, 2.45) is 5.73 Å². The van der Waals surface area contributed by atoms with Crippen molar-refractivity contribution in [3.8, 4) is 5.75 Å². The summed E-state index contributed by atoms with van der Waals surface area (Å²) in [6.07, 6.45) is 1.15. The lowest BCUT2D eigenvalue weighted by molar-refractivity contribution is -0.161. The molecule has 0 bridgehead atoms. The standard InChI is InChI=1S/C15H23NO3/c1-14(2,3)19-13(18)15(4,16)10-9-11-5-7-12(17)8-6-11/h5-8,17H,9-10,16H2,1-4H3. The molecule has 0 fully saturated rings. The number of phenols is 1. The molecule has 1 rings (SSSR count). The SMILES string of the molecule is CC(C)(C)OC(=O)C(C)(N)CCc1ccc(O)cc1. The number of aryl methyl sites for hydroxylation is 1. The Bertz CT molecular complexity index is 430. The molecule has 19 heavy (non-hydrogen) atoms. The molecule has 0 aliphatic rings. The maximum absolute atomic E-state index is 12.0. The third kappa shape index (κ3) is 5.30. The van der Waals surface area contributed by atoms with Crippen LogP contribution in [-0.4, -0.2) is 22.2 Å². The average molecular weight is 265 g/mol. The highest BCUT2D eigenvalue weighted by atomic mass is 16.6. The zero-order valence-electron chi connectivity index (χ0n) is 12.1. The fourth-order valence-corrected chi connectivity index (χ4v) is 1.56. The van der Waals surface area contributed by atoms with E-state index in [4.69, 9.17) is 10.5 Å². The first-order chi connectivity index (χ1) is 8.60. The van der Waals surface area contributed by atoms with Gasteiger partial charge in [-0.1, -0.05) is 12.1 Å². The van der Waals surface area contributed by atoms with Crippen LogP contribution in [-0.2, 0) is 16.0 Å². The van der Waals surface area contributed by atoms with Gasteiger partial charge in [0, 0.05) is 0 Å². The van der Waals surface area contributed by atoms with Crippen molar-refractivity contribution in [1.29, 1.82) is 0 Å². The van der Waals surface area contributed by atoms with Crippen LogP contribution in [0.3, 0.4) is 0 Å². The minimum Gasteiger partial charge on any atom is -0.508 e. The number of rotatable bonds is 4. The number of hydrogen-bond acceptors (Lipinski definition) is 4. The monoisotopic (exact) mass is 265 g/mol. The van der Waals surface area contributed by atoms with Crippen molar-refractivity contribution in [3.05, 3.63) is 29.8 Å². The third-order valence-corrected chi connectivity index (χ3v) is 2.73. The van der Waals surface area contributed by atoms with Crippen LogP contribution in [0.1, 0.15) is 39.7 Å². The minimum absolute atomic E-state index is 0.228. The van der Waals surface area contributed by atoms with Gasteiger partial charge in [0.05, 0.1) is 0 Å². The zero-order valence-corrected chi connectivity index (χ0v) is 12.1. The lowest BCUT2D eigenvalue weighted by Gasteiger charge is -2.28. The molecule has 106 valence electrons. The minimum atomic E-state index is -1.01. The second-order valence-corrected chi connectivity index (χ2v) is 6.09. The van der Waals surface area contributed by atoms with Crippen molar-refractivity contribution < 1.29 is 14.6 Å². The van der Waals surface area contributed by atoms with E-state index in [1.54, 1.807) is 19.1 Å². The van der Waals surface area contributed by atoms with E-state index in [1.165, 1.54) is 0 Å². The second-order valence-electron chi connectivity index (χ2n) is 6.09. The highest BCUT2D eigenvalue weighted by molar-refractivity contribution is 5.80. The maximum atomic E-state index is 12.0. The molecule has 4 nitrogen and oxygen atoms in total. The molecule has 1 atom stereocenters. The molecule has 0 aromatic heterocycles. The Kier molecular flexibility index (Phi) is 4.58. The fourth-order valence-electron chi connectivity index (χ4n) is 1.56. The molecular formula is C15H23NO3. The van der Waals surface area contributed by atoms with Crippen LogP contribution in [0.5, 0.6) is 5.75 Å². The summed E-state index contributed by atoms with van der Waals surface area (Å²) in [6, 6.07) is 6.88. The molecule has 0 aliphatic heterocycles. The molecular weight excluding hydrogens is 242 g/mol. The van der Waals surface area contributed by atoms with Gasteiger partial charge in [-0.25, -0.2) is 0 Å². The summed E-state index contributed by atoms with van der Waals surface area (Å²) in [5.41, 5.74) is 5.51. The van der Waals surface area contributed by atoms with Gasteiger partial charge in [0.1, 0.15) is 16.9 Å². The molecule has 1 aromatic carbocycles. The van der Waals surface area contributed by atoms with Crippen LogP contribution in [0.15, 0.2) is 24.3 Å². The Morgan fingerprint density at radius 2 is 1.74 bits per heavy atom. The van der Waals surface area contributed by atoms with Crippen LogP contribution in [0, 0.1) is 0 Å². The molecule has 0 saturated heterocycles. The molecule has 0 amide bonds. The fraction of sp³-hybridized carbons (Fsp3) is 0.533. The van der Waals surface area contributed by atoms with Crippen molar-refractivity contribution in [2.45, 2.75) is 51.7 Å². The molecule has 1 aromatic rings. The summed E-state index contributed by atoms with van der Waals surface area (Å²) >= 11 is 0. The van der Waals surface area contributed by atoms with E-state index in [1.807, 2.05) is 32.9 Å². The highest BCUT2D eigenvalue weighted by Crippen LogP contribution is 2.18. The Morgan fingerprint density at radius 1 is 1.21 bits per heavy atom. The van der Waals surface area contributed by atoms with Gasteiger partial charge in [-0.05, 0) is 58.2 Å². The van der Waals surface area contributed by atoms with Crippen LogP contribution in [0.4, 0.5) is 0 Å². The van der Waals surface area contributed by atoms with Gasteiger partial charge < -0.3 is 15.6 Å². The zero-order chi connectivity index (χ0) is 14.7. The third-order valence-electron chi connectivity index (χ3n) is 2.73. The van der Waals surface area contributed by atoms with Crippen molar-refractivity contribution in [2.75, 3.05) is 0 Å². The second kappa shape index (κ2) is 5.61. The molecule has 1 unspecified atom stereocenters. The number of ether oxygens (including phenoxy) is 1. The first kappa shape index (κ1) is 15.5. The first-order valence-corrected chi connectivity index (χ1v) is 6.40. The van der Waals surface area contributed by atoms with Gasteiger partial charge >= 0.3 is 5.97 Å². The molecule has 0 spiro atoms. The lowest BCUT2D eigenvalue weighted by atomic mass is 9.94. The van der Waals surface area contributed by atoms with Gasteiger partial charge in [-0.3, -0.25) is 4.79 Å². The molecule has 4 heteroatoms. The predicted molar refractivity (Wildman–Crippen MR) is 74.9 cm³/mol. The number of nitrogens with two attached hydrogens (primary N) is 1. The Balaban J connectivity index is 2.59. The number of phenolic OH excluding ortho intramolecular Hbond substituents is 1. The van der Waals surface area contributed by atoms with Gasteiger partial charge in [-0.15, -0.1) is 0 Å². The molecule has 0 saturated carbocycles. The smallest absolute Gasteiger partial charge is 0.326 e. The molecule has 0 heterocycles. The first-order valence-electron chi connectivity index (χ1n) is 6.40. The van der Waals surface area contributed by atoms with Crippen LogP contribution in [0.2, 0.25) is 0 Å². The van der Waals surface area contributed by atoms with Crippen LogP contribution in [0.25, 0.3) is 0 Å². The Labute approximate surface area is 114 Å². The number of esters is 1. The summed E-state index contributed by atoms with van der Waals surface area (Å²) in [4.78, 5) is 12.0. The summed E-state index contributed by atoms with van der Waals surface area (Å²) in [5.74, 6) is -0.162. The lowest BCUT2D eigenvalue weighted by Crippen LogP contribution is -2.48. The van der Waals surface area contributed by atoms with Crippen LogP contribution < -0.4 is 5.73 Å². The van der Waals surface area contributed by atoms with Crippen molar-refractivity contribution >= 4 is 5.97 Å². The number of aromatic hydroxyl groups is 1. The predicted octanol–water partition coefficient (Wildman–Crippen LogP) is 2.38. The van der Waals surface area contributed by atoms with E-state index in [-0.39, 0.29) is 5.75 Å². The Morgan fingerprint density at radius 3 is 2.21 bits per heavy atom.